The maximum absolute atomic E-state index is 14.9. The van der Waals surface area contributed by atoms with Crippen LogP contribution < -0.4 is 48.7 Å². The number of amides is 9. The highest BCUT2D eigenvalue weighted by atomic mass is 16.5. The molecule has 19 heteroatoms. The molecule has 0 aromatic heterocycles. The van der Waals surface area contributed by atoms with Gasteiger partial charge in [0.2, 0.25) is 35.4 Å². The summed E-state index contributed by atoms with van der Waals surface area (Å²) in [6.07, 6.45) is 12.7. The first-order valence-electron chi connectivity index (χ1n) is 29.7. The van der Waals surface area contributed by atoms with Crippen LogP contribution >= 0.6 is 0 Å². The molecule has 19 nitrogen and oxygen atoms in total. The van der Waals surface area contributed by atoms with E-state index in [0.717, 1.165) is 99.3 Å². The number of carbonyl (C=O) groups excluding carboxylic acids is 7. The molecule has 2 fully saturated rings. The molecule has 2 aromatic rings. The molecule has 5 aliphatic carbocycles. The van der Waals surface area contributed by atoms with Crippen LogP contribution in [0.1, 0.15) is 179 Å². The van der Waals surface area contributed by atoms with Gasteiger partial charge in [-0.05, 0) is 178 Å². The van der Waals surface area contributed by atoms with E-state index in [4.69, 9.17) is 16.2 Å². The van der Waals surface area contributed by atoms with Crippen molar-refractivity contribution in [3.8, 4) is 11.8 Å². The van der Waals surface area contributed by atoms with Crippen LogP contribution in [0.4, 0.5) is 21.0 Å². The maximum atomic E-state index is 14.9. The third-order valence-electron chi connectivity index (χ3n) is 18.9. The standard InChI is InChI=1S/C62H89N9O10/c1-38(2)51(70-52(73)46(63)19-12-13-33-65-50(72)37-81-43-17-10-8-7-9-11-18-43)54(75)69-47(20-14-34-66-57(64)78)53(74)67-41-25-21-39-23-27-48-59(3,44(39)35-41)29-15-31-61(48,5)55(76)71-56(77)62(6)32-16-30-60(4)45-36-42(68-58(79)80)26-22-40(45)24-28-49(60)62/h21-22,25-26,35-36,38,43,46-49,51,68H,7-10,12-17,19-20,23-24,27-34,37,63H2,1-6H3,(H,65,72)(H,67,74)(H,69,75)(H,70,73)(H,79,80)(H3,64,66,78)(H,71,76,77)/t43?,46?,47-,48+,49+,51-,59+,60+,61-,62-/m0/s1. The van der Waals surface area contributed by atoms with Gasteiger partial charge in [0.05, 0.1) is 16.9 Å². The number of rotatable bonds is 22. The van der Waals surface area contributed by atoms with E-state index < -0.39 is 69.6 Å². The fraction of sp³-hybridized carbons (Fsp3) is 0.645. The average molecular weight is 1120 g/mol. The van der Waals surface area contributed by atoms with E-state index in [9.17, 15) is 43.5 Å². The molecule has 0 bridgehead atoms. The van der Waals surface area contributed by atoms with Crippen LogP contribution in [-0.4, -0.2) is 96.6 Å². The summed E-state index contributed by atoms with van der Waals surface area (Å²) >= 11 is 0. The number of carbonyl (C=O) groups is 8. The fourth-order valence-electron chi connectivity index (χ4n) is 14.4. The highest BCUT2D eigenvalue weighted by Gasteiger charge is 2.58. The van der Waals surface area contributed by atoms with Crippen LogP contribution in [0, 0.1) is 40.4 Å². The molecule has 9 amide bonds. The molecule has 0 spiro atoms. The Balaban J connectivity index is 0.973. The second-order valence-electron chi connectivity index (χ2n) is 24.9. The minimum atomic E-state index is -1.14. The number of primary amides is 1. The van der Waals surface area contributed by atoms with Gasteiger partial charge in [-0.15, -0.1) is 5.92 Å². The Morgan fingerprint density at radius 3 is 1.85 bits per heavy atom. The van der Waals surface area contributed by atoms with Crippen molar-refractivity contribution in [3.63, 3.8) is 0 Å². The predicted octanol–water partition coefficient (Wildman–Crippen LogP) is 7.12. The van der Waals surface area contributed by atoms with E-state index >= 15 is 0 Å². The smallest absolute Gasteiger partial charge is 0.409 e. The Kier molecular flexibility index (Phi) is 20.7. The second-order valence-corrected chi connectivity index (χ2v) is 24.9. The van der Waals surface area contributed by atoms with Crippen molar-refractivity contribution in [2.24, 2.45) is 40.1 Å². The Morgan fingerprint density at radius 1 is 0.679 bits per heavy atom. The van der Waals surface area contributed by atoms with Crippen LogP contribution in [0.2, 0.25) is 0 Å². The monoisotopic (exact) mass is 1120 g/mol. The lowest BCUT2D eigenvalue weighted by Crippen LogP contribution is -2.60. The van der Waals surface area contributed by atoms with Gasteiger partial charge in [-0.2, -0.15) is 0 Å². The number of aryl methyl sites for hydroxylation is 2. The van der Waals surface area contributed by atoms with Crippen molar-refractivity contribution in [3.05, 3.63) is 58.7 Å². The zero-order valence-electron chi connectivity index (χ0n) is 48.5. The van der Waals surface area contributed by atoms with E-state index in [1.165, 1.54) is 0 Å². The van der Waals surface area contributed by atoms with Crippen LogP contribution in [0.15, 0.2) is 36.4 Å². The maximum Gasteiger partial charge on any atom is 0.409 e. The number of hydrogen-bond acceptors (Lipinski definition) is 10. The largest absolute Gasteiger partial charge is 0.465 e. The van der Waals surface area contributed by atoms with Crippen molar-refractivity contribution >= 4 is 58.9 Å². The van der Waals surface area contributed by atoms with Crippen LogP contribution in [0.25, 0.3) is 0 Å². The number of imide groups is 1. The lowest BCUT2D eigenvalue weighted by atomic mass is 9.49. The third kappa shape index (κ3) is 14.8. The first-order valence-corrected chi connectivity index (χ1v) is 29.7. The number of nitrogens with two attached hydrogens (primary N) is 2. The summed E-state index contributed by atoms with van der Waals surface area (Å²) in [5.41, 5.74) is 14.4. The topological polar surface area (TPSA) is 302 Å². The minimum Gasteiger partial charge on any atom is -0.465 e. The van der Waals surface area contributed by atoms with Gasteiger partial charge in [0.15, 0.2) is 0 Å². The van der Waals surface area contributed by atoms with Gasteiger partial charge >= 0.3 is 12.1 Å². The van der Waals surface area contributed by atoms with Crippen molar-refractivity contribution in [2.75, 3.05) is 30.3 Å². The van der Waals surface area contributed by atoms with E-state index in [1.54, 1.807) is 19.9 Å². The number of carboxylic acid groups (broad SMARTS) is 1. The second kappa shape index (κ2) is 27.0. The summed E-state index contributed by atoms with van der Waals surface area (Å²) in [5.74, 6) is 3.23. The molecule has 81 heavy (non-hydrogen) atoms. The van der Waals surface area contributed by atoms with E-state index in [1.807, 2.05) is 44.2 Å². The normalized spacial score (nSPS) is 26.7. The SMILES string of the molecule is CC(C)[C@H](NC(=O)C(N)CCCCNC(=O)COC1C#CCCCCC1)C(=O)N[C@@H](CCCNC(N)=O)C(=O)Nc1ccc2c(c1)[C@@]1(C)CCC[C@](C)(C(=O)NC(=O)[C@@]3(C)CCC[C@]4(C)c5cc(NC(=O)O)ccc5CC[C@@H]34)[C@@H]1CC2. The molecule has 0 heterocycles. The van der Waals surface area contributed by atoms with E-state index in [2.05, 4.69) is 62.9 Å². The van der Waals surface area contributed by atoms with Gasteiger partial charge in [-0.3, -0.25) is 39.4 Å². The number of anilines is 2. The highest BCUT2D eigenvalue weighted by molar-refractivity contribution is 6.01. The summed E-state index contributed by atoms with van der Waals surface area (Å²) < 4.78 is 5.72. The zero-order chi connectivity index (χ0) is 58.7. The molecule has 442 valence electrons. The average Bonchev–Trinajstić information content (AvgIpc) is 3.56. The number of unbranched alkanes of at least 4 members (excludes halogenated alkanes) is 1. The van der Waals surface area contributed by atoms with Gasteiger partial charge < -0.3 is 47.9 Å². The number of fused-ring (bicyclic) bond motifs is 6. The van der Waals surface area contributed by atoms with Gasteiger partial charge in [0, 0.05) is 30.9 Å². The Bertz CT molecular complexity index is 2740. The predicted molar refractivity (Wildman–Crippen MR) is 310 cm³/mol. The Labute approximate surface area is 477 Å². The number of urea groups is 1. The lowest BCUT2D eigenvalue weighted by Gasteiger charge is -2.56. The summed E-state index contributed by atoms with van der Waals surface area (Å²) in [4.78, 5) is 107. The first kappa shape index (κ1) is 62.1. The molecular weight excluding hydrogens is 1030 g/mol. The number of nitrogens with one attached hydrogen (secondary N) is 7. The van der Waals surface area contributed by atoms with Crippen LogP contribution in [0.5, 0.6) is 0 Å². The van der Waals surface area contributed by atoms with Crippen molar-refractivity contribution < 1.29 is 48.2 Å². The summed E-state index contributed by atoms with van der Waals surface area (Å²) in [6.45, 7) is 12.4. The van der Waals surface area contributed by atoms with Gasteiger partial charge in [0.1, 0.15) is 24.8 Å². The molecule has 2 aromatic carbocycles. The third-order valence-corrected chi connectivity index (χ3v) is 18.9. The Morgan fingerprint density at radius 2 is 1.27 bits per heavy atom. The number of hydrogen-bond donors (Lipinski definition) is 10. The molecule has 0 saturated heterocycles. The quantitative estimate of drug-likeness (QED) is 0.0322. The van der Waals surface area contributed by atoms with Crippen LogP contribution in [-0.2, 0) is 57.2 Å². The van der Waals surface area contributed by atoms with Crippen molar-refractivity contribution in [2.45, 2.75) is 205 Å². The highest BCUT2D eigenvalue weighted by Crippen LogP contribution is 2.60. The van der Waals surface area contributed by atoms with Crippen molar-refractivity contribution in [1.29, 1.82) is 0 Å². The summed E-state index contributed by atoms with van der Waals surface area (Å²) in [7, 11) is 0. The molecule has 0 aliphatic heterocycles. The zero-order valence-corrected chi connectivity index (χ0v) is 48.5. The molecule has 2 saturated carbocycles. The fourth-order valence-corrected chi connectivity index (χ4v) is 14.4. The Hall–Kier alpha value is -6.52. The van der Waals surface area contributed by atoms with E-state index in [-0.39, 0.29) is 61.2 Å². The summed E-state index contributed by atoms with van der Waals surface area (Å²) in [5, 5.41) is 29.0. The molecule has 5 aliphatic rings. The van der Waals surface area contributed by atoms with Crippen molar-refractivity contribution in [1.82, 2.24) is 26.6 Å². The summed E-state index contributed by atoms with van der Waals surface area (Å²) in [6, 6.07) is 7.73. The van der Waals surface area contributed by atoms with E-state index in [0.29, 0.717) is 62.9 Å². The molecule has 12 N–H and O–H groups in total. The number of ether oxygens (including phenoxy) is 1. The molecular formula is C62H89N9O10. The van der Waals surface area contributed by atoms with Gasteiger partial charge in [-0.25, -0.2) is 9.59 Å². The minimum absolute atomic E-state index is 0.0710. The number of benzene rings is 2. The van der Waals surface area contributed by atoms with Gasteiger partial charge in [-0.1, -0.05) is 78.9 Å². The van der Waals surface area contributed by atoms with Gasteiger partial charge in [0.25, 0.3) is 0 Å². The molecule has 10 atom stereocenters. The van der Waals surface area contributed by atoms with Crippen LogP contribution in [0.3, 0.4) is 0 Å². The lowest BCUT2D eigenvalue weighted by molar-refractivity contribution is -0.150. The molecule has 2 unspecified atom stereocenters. The first-order chi connectivity index (χ1) is 38.5. The molecule has 7 rings (SSSR count). The molecule has 0 radical (unpaired) electrons.